The predicted octanol–water partition coefficient (Wildman–Crippen LogP) is -1.25. The number of carbonyl (C=O) groups is 3. The Hall–Kier alpha value is -1.63. The van der Waals surface area contributed by atoms with Crippen LogP contribution in [0.15, 0.2) is 0 Å². The van der Waals surface area contributed by atoms with Crippen LogP contribution in [-0.4, -0.2) is 85.8 Å². The molecule has 0 spiro atoms. The van der Waals surface area contributed by atoms with Crippen LogP contribution in [0.2, 0.25) is 0 Å². The van der Waals surface area contributed by atoms with Crippen LogP contribution in [0, 0.1) is 0 Å². The molecule has 0 bridgehead atoms. The summed E-state index contributed by atoms with van der Waals surface area (Å²) in [7, 11) is 3.92. The maximum Gasteiger partial charge on any atom is 0.312 e. The molecule has 3 amide bonds. The van der Waals surface area contributed by atoms with Gasteiger partial charge < -0.3 is 20.0 Å². The summed E-state index contributed by atoms with van der Waals surface area (Å²) < 4.78 is 0. The third-order valence-corrected chi connectivity index (χ3v) is 3.27. The lowest BCUT2D eigenvalue weighted by Gasteiger charge is -2.33. The van der Waals surface area contributed by atoms with Crippen molar-refractivity contribution in [2.24, 2.45) is 0 Å². The van der Waals surface area contributed by atoms with Crippen LogP contribution in [0.4, 0.5) is 0 Å². The number of hydrogen-bond acceptors (Lipinski definition) is 4. The Morgan fingerprint density at radius 2 is 1.60 bits per heavy atom. The Bertz CT molecular complexity index is 363. The molecule has 1 aliphatic rings. The molecule has 7 heteroatoms. The summed E-state index contributed by atoms with van der Waals surface area (Å²) in [5, 5.41) is 2.63. The van der Waals surface area contributed by atoms with E-state index in [1.165, 1.54) is 11.8 Å². The number of amides is 3. The van der Waals surface area contributed by atoms with Crippen molar-refractivity contribution in [1.82, 2.24) is 20.0 Å². The topological polar surface area (TPSA) is 73.0 Å². The second-order valence-electron chi connectivity index (χ2n) is 5.21. The first kappa shape index (κ1) is 16.4. The highest BCUT2D eigenvalue weighted by molar-refractivity contribution is 6.35. The van der Waals surface area contributed by atoms with Crippen molar-refractivity contribution in [3.05, 3.63) is 0 Å². The van der Waals surface area contributed by atoms with Crippen molar-refractivity contribution in [3.8, 4) is 0 Å². The van der Waals surface area contributed by atoms with Crippen LogP contribution in [0.1, 0.15) is 13.3 Å². The lowest BCUT2D eigenvalue weighted by atomic mass is 10.3. The van der Waals surface area contributed by atoms with Gasteiger partial charge in [0.15, 0.2) is 0 Å². The zero-order chi connectivity index (χ0) is 15.1. The molecule has 1 saturated heterocycles. The molecule has 20 heavy (non-hydrogen) atoms. The summed E-state index contributed by atoms with van der Waals surface area (Å²) in [6.07, 6.45) is 0.810. The molecule has 1 rings (SSSR count). The third kappa shape index (κ3) is 5.16. The molecular formula is C13H24N4O3. The summed E-state index contributed by atoms with van der Waals surface area (Å²) in [6.45, 7) is 4.70. The lowest BCUT2D eigenvalue weighted by Crippen LogP contribution is -2.53. The van der Waals surface area contributed by atoms with Crippen molar-refractivity contribution >= 4 is 17.7 Å². The molecule has 114 valence electrons. The summed E-state index contributed by atoms with van der Waals surface area (Å²) in [5.41, 5.74) is 0. The first-order valence-corrected chi connectivity index (χ1v) is 6.89. The number of nitrogens with one attached hydrogen (secondary N) is 1. The van der Waals surface area contributed by atoms with Crippen molar-refractivity contribution < 1.29 is 14.4 Å². The predicted molar refractivity (Wildman–Crippen MR) is 75.0 cm³/mol. The normalized spacial score (nSPS) is 15.4. The van der Waals surface area contributed by atoms with Crippen LogP contribution in [0.25, 0.3) is 0 Å². The second kappa shape index (κ2) is 7.84. The molecular weight excluding hydrogens is 260 g/mol. The molecule has 0 aromatic rings. The van der Waals surface area contributed by atoms with Crippen LogP contribution >= 0.6 is 0 Å². The van der Waals surface area contributed by atoms with Crippen molar-refractivity contribution in [2.75, 3.05) is 53.4 Å². The van der Waals surface area contributed by atoms with E-state index in [9.17, 15) is 14.4 Å². The van der Waals surface area contributed by atoms with Gasteiger partial charge in [0, 0.05) is 39.6 Å². The lowest BCUT2D eigenvalue weighted by molar-refractivity contribution is -0.148. The minimum absolute atomic E-state index is 0.00485. The van der Waals surface area contributed by atoms with Gasteiger partial charge in [-0.25, -0.2) is 0 Å². The number of piperazine rings is 1. The molecule has 1 heterocycles. The molecule has 0 aromatic carbocycles. The molecule has 0 saturated carbocycles. The zero-order valence-corrected chi connectivity index (χ0v) is 12.5. The van der Waals surface area contributed by atoms with E-state index >= 15 is 0 Å². The first-order valence-electron chi connectivity index (χ1n) is 6.89. The Balaban J connectivity index is 2.28. The molecule has 7 nitrogen and oxygen atoms in total. The molecule has 0 radical (unpaired) electrons. The standard InChI is InChI=1S/C13H24N4O3/c1-11(18)16-7-9-17(10-8-16)13(20)12(19)14-5-4-6-15(2)3/h4-10H2,1-3H3,(H,14,19). The second-order valence-corrected chi connectivity index (χ2v) is 5.21. The van der Waals surface area contributed by atoms with E-state index in [1.54, 1.807) is 4.90 Å². The first-order chi connectivity index (χ1) is 9.41. The Labute approximate surface area is 119 Å². The summed E-state index contributed by atoms with van der Waals surface area (Å²) in [4.78, 5) is 40.0. The van der Waals surface area contributed by atoms with E-state index < -0.39 is 11.8 Å². The number of carbonyl (C=O) groups excluding carboxylic acids is 3. The number of hydrogen-bond donors (Lipinski definition) is 1. The van der Waals surface area contributed by atoms with Crippen LogP contribution < -0.4 is 5.32 Å². The van der Waals surface area contributed by atoms with Gasteiger partial charge in [0.2, 0.25) is 5.91 Å². The van der Waals surface area contributed by atoms with E-state index in [-0.39, 0.29) is 5.91 Å². The maximum atomic E-state index is 11.9. The van der Waals surface area contributed by atoms with Crippen molar-refractivity contribution in [3.63, 3.8) is 0 Å². The van der Waals surface area contributed by atoms with Gasteiger partial charge >= 0.3 is 11.8 Å². The largest absolute Gasteiger partial charge is 0.348 e. The van der Waals surface area contributed by atoms with Crippen molar-refractivity contribution in [1.29, 1.82) is 0 Å². The van der Waals surface area contributed by atoms with Crippen LogP contribution in [0.5, 0.6) is 0 Å². The summed E-state index contributed by atoms with van der Waals surface area (Å²) >= 11 is 0. The summed E-state index contributed by atoms with van der Waals surface area (Å²) in [5.74, 6) is -1.05. The van der Waals surface area contributed by atoms with E-state index in [2.05, 4.69) is 5.32 Å². The van der Waals surface area contributed by atoms with Gasteiger partial charge in [0.25, 0.3) is 0 Å². The SMILES string of the molecule is CC(=O)N1CCN(C(=O)C(=O)NCCCN(C)C)CC1. The molecule has 0 aromatic heterocycles. The van der Waals surface area contributed by atoms with E-state index in [0.717, 1.165) is 13.0 Å². The minimum atomic E-state index is -0.556. The Kier molecular flexibility index (Phi) is 6.44. The molecule has 1 N–H and O–H groups in total. The van der Waals surface area contributed by atoms with Gasteiger partial charge in [-0.2, -0.15) is 0 Å². The van der Waals surface area contributed by atoms with Gasteiger partial charge in [0.05, 0.1) is 0 Å². The van der Waals surface area contributed by atoms with E-state index in [0.29, 0.717) is 32.7 Å². The number of nitrogens with zero attached hydrogens (tertiary/aromatic N) is 3. The third-order valence-electron chi connectivity index (χ3n) is 3.27. The fourth-order valence-corrected chi connectivity index (χ4v) is 2.04. The highest BCUT2D eigenvalue weighted by Crippen LogP contribution is 2.02. The van der Waals surface area contributed by atoms with Crippen LogP contribution in [0.3, 0.4) is 0 Å². The molecule has 0 aliphatic carbocycles. The van der Waals surface area contributed by atoms with Gasteiger partial charge in [-0.1, -0.05) is 0 Å². The molecule has 0 unspecified atom stereocenters. The van der Waals surface area contributed by atoms with E-state index in [4.69, 9.17) is 0 Å². The minimum Gasteiger partial charge on any atom is -0.348 e. The van der Waals surface area contributed by atoms with Gasteiger partial charge in [-0.05, 0) is 27.1 Å². The average molecular weight is 284 g/mol. The molecule has 0 atom stereocenters. The highest BCUT2D eigenvalue weighted by atomic mass is 16.2. The average Bonchev–Trinajstić information content (AvgIpc) is 2.42. The highest BCUT2D eigenvalue weighted by Gasteiger charge is 2.26. The van der Waals surface area contributed by atoms with Crippen molar-refractivity contribution in [2.45, 2.75) is 13.3 Å². The fraction of sp³-hybridized carbons (Fsp3) is 0.769. The number of rotatable bonds is 4. The fourth-order valence-electron chi connectivity index (χ4n) is 2.04. The van der Waals surface area contributed by atoms with Crippen LogP contribution in [-0.2, 0) is 14.4 Å². The smallest absolute Gasteiger partial charge is 0.312 e. The summed E-state index contributed by atoms with van der Waals surface area (Å²) in [6, 6.07) is 0. The monoisotopic (exact) mass is 284 g/mol. The van der Waals surface area contributed by atoms with E-state index in [1.807, 2.05) is 19.0 Å². The van der Waals surface area contributed by atoms with Gasteiger partial charge in [-0.3, -0.25) is 14.4 Å². The Morgan fingerprint density at radius 1 is 1.05 bits per heavy atom. The Morgan fingerprint density at radius 3 is 2.10 bits per heavy atom. The van der Waals surface area contributed by atoms with Gasteiger partial charge in [0.1, 0.15) is 0 Å². The van der Waals surface area contributed by atoms with Gasteiger partial charge in [-0.15, -0.1) is 0 Å². The molecule has 1 aliphatic heterocycles. The maximum absolute atomic E-state index is 11.9. The molecule has 1 fully saturated rings. The zero-order valence-electron chi connectivity index (χ0n) is 12.5. The quantitative estimate of drug-likeness (QED) is 0.517.